The summed E-state index contributed by atoms with van der Waals surface area (Å²) >= 11 is 0. The van der Waals surface area contributed by atoms with Gasteiger partial charge < -0.3 is 5.73 Å². The minimum Gasteiger partial charge on any atom is -0.326 e. The van der Waals surface area contributed by atoms with Crippen LogP contribution in [-0.4, -0.2) is 32.7 Å². The number of benzene rings is 1. The fraction of sp³-hybridized carbons (Fsp3) is 0.400. The van der Waals surface area contributed by atoms with Gasteiger partial charge in [-0.05, 0) is 17.7 Å². The average Bonchev–Trinajstić information content (AvgIpc) is 2.31. The lowest BCUT2D eigenvalue weighted by Crippen LogP contribution is -2.32. The molecule has 19 heavy (non-hydrogen) atoms. The largest absolute Gasteiger partial charge is 0.326 e. The molecule has 9 heteroatoms. The van der Waals surface area contributed by atoms with E-state index < -0.39 is 39.5 Å². The minimum atomic E-state index is -4.54. The van der Waals surface area contributed by atoms with Crippen molar-refractivity contribution >= 4 is 10.0 Å². The number of alkyl halides is 2. The van der Waals surface area contributed by atoms with Crippen LogP contribution in [0.2, 0.25) is 0 Å². The summed E-state index contributed by atoms with van der Waals surface area (Å²) in [6.07, 6.45) is -2.93. The lowest BCUT2D eigenvalue weighted by Gasteiger charge is -2.17. The highest BCUT2D eigenvalue weighted by Crippen LogP contribution is 2.23. The number of sulfonamides is 1. The Kier molecular flexibility index (Phi) is 4.88. The van der Waals surface area contributed by atoms with Gasteiger partial charge in [0.2, 0.25) is 10.0 Å². The van der Waals surface area contributed by atoms with Gasteiger partial charge in [-0.15, -0.1) is 0 Å². The summed E-state index contributed by atoms with van der Waals surface area (Å²) in [5.74, 6) is -3.01. The lowest BCUT2D eigenvalue weighted by molar-refractivity contribution is 0.126. The Hall–Kier alpha value is -1.19. The molecule has 4 nitrogen and oxygen atoms in total. The maximum atomic E-state index is 13.5. The van der Waals surface area contributed by atoms with Crippen LogP contribution >= 0.6 is 0 Å². The Balaban J connectivity index is 3.32. The predicted octanol–water partition coefficient (Wildman–Crippen LogP) is 1.31. The van der Waals surface area contributed by atoms with Crippen molar-refractivity contribution in [1.82, 2.24) is 4.31 Å². The molecule has 0 aliphatic rings. The molecule has 0 aromatic heterocycles. The topological polar surface area (TPSA) is 63.4 Å². The smallest absolute Gasteiger partial charge is 0.252 e. The van der Waals surface area contributed by atoms with E-state index in [0.717, 1.165) is 19.2 Å². The zero-order valence-electron chi connectivity index (χ0n) is 9.91. The maximum absolute atomic E-state index is 13.5. The van der Waals surface area contributed by atoms with E-state index in [1.54, 1.807) is 0 Å². The summed E-state index contributed by atoms with van der Waals surface area (Å²) in [6.45, 7) is -1.32. The molecule has 0 radical (unpaired) electrons. The molecule has 0 saturated carbocycles. The molecule has 0 atom stereocenters. The molecule has 0 heterocycles. The van der Waals surface area contributed by atoms with E-state index in [2.05, 4.69) is 0 Å². The predicted molar refractivity (Wildman–Crippen MR) is 60.1 cm³/mol. The van der Waals surface area contributed by atoms with E-state index >= 15 is 0 Å². The molecule has 0 bridgehead atoms. The van der Waals surface area contributed by atoms with Crippen LogP contribution in [0.15, 0.2) is 17.0 Å². The van der Waals surface area contributed by atoms with E-state index in [1.807, 2.05) is 0 Å². The highest BCUT2D eigenvalue weighted by atomic mass is 32.2. The van der Waals surface area contributed by atoms with Gasteiger partial charge in [0.15, 0.2) is 11.6 Å². The van der Waals surface area contributed by atoms with Gasteiger partial charge >= 0.3 is 0 Å². The lowest BCUT2D eigenvalue weighted by atomic mass is 10.2. The Labute approximate surface area is 107 Å². The normalized spacial score (nSPS) is 12.4. The molecule has 2 N–H and O–H groups in total. The first-order chi connectivity index (χ1) is 8.70. The zero-order valence-corrected chi connectivity index (χ0v) is 10.7. The second-order valence-corrected chi connectivity index (χ2v) is 5.78. The van der Waals surface area contributed by atoms with E-state index in [4.69, 9.17) is 5.73 Å². The van der Waals surface area contributed by atoms with Gasteiger partial charge in [0.1, 0.15) is 4.90 Å². The molecular weight excluding hydrogens is 288 g/mol. The van der Waals surface area contributed by atoms with Crippen LogP contribution in [-0.2, 0) is 16.6 Å². The van der Waals surface area contributed by atoms with Crippen molar-refractivity contribution in [3.8, 4) is 0 Å². The first-order valence-corrected chi connectivity index (χ1v) is 6.56. The number of hydrogen-bond acceptors (Lipinski definition) is 3. The zero-order chi connectivity index (χ0) is 14.8. The van der Waals surface area contributed by atoms with Gasteiger partial charge in [0.25, 0.3) is 6.43 Å². The summed E-state index contributed by atoms with van der Waals surface area (Å²) in [7, 11) is -3.68. The van der Waals surface area contributed by atoms with Crippen molar-refractivity contribution in [2.75, 3.05) is 13.6 Å². The van der Waals surface area contributed by atoms with Crippen molar-refractivity contribution in [1.29, 1.82) is 0 Å². The third kappa shape index (κ3) is 3.43. The van der Waals surface area contributed by atoms with Gasteiger partial charge in [-0.1, -0.05) is 0 Å². The first kappa shape index (κ1) is 15.9. The van der Waals surface area contributed by atoms with E-state index in [9.17, 15) is 26.0 Å². The molecule has 0 spiro atoms. The van der Waals surface area contributed by atoms with Crippen molar-refractivity contribution in [2.24, 2.45) is 5.73 Å². The number of nitrogens with zero attached hydrogens (tertiary/aromatic N) is 1. The molecule has 108 valence electrons. The molecule has 0 fully saturated rings. The second-order valence-electron chi connectivity index (χ2n) is 3.77. The van der Waals surface area contributed by atoms with E-state index in [1.165, 1.54) is 0 Å². The highest BCUT2D eigenvalue weighted by molar-refractivity contribution is 7.89. The Morgan fingerprint density at radius 1 is 1.32 bits per heavy atom. The highest BCUT2D eigenvalue weighted by Gasteiger charge is 2.28. The molecule has 0 saturated heterocycles. The van der Waals surface area contributed by atoms with Crippen molar-refractivity contribution in [3.05, 3.63) is 29.3 Å². The van der Waals surface area contributed by atoms with Gasteiger partial charge in [0, 0.05) is 13.6 Å². The number of halogens is 4. The molecule has 1 rings (SSSR count). The fourth-order valence-corrected chi connectivity index (χ4v) is 2.65. The van der Waals surface area contributed by atoms with Gasteiger partial charge in [0.05, 0.1) is 6.54 Å². The molecule has 1 aromatic carbocycles. The van der Waals surface area contributed by atoms with E-state index in [-0.39, 0.29) is 16.4 Å². The molecule has 0 aliphatic carbocycles. The monoisotopic (exact) mass is 300 g/mol. The Bertz CT molecular complexity index is 563. The third-order valence-electron chi connectivity index (χ3n) is 2.37. The van der Waals surface area contributed by atoms with E-state index in [0.29, 0.717) is 0 Å². The first-order valence-electron chi connectivity index (χ1n) is 5.12. The summed E-state index contributed by atoms with van der Waals surface area (Å²) in [4.78, 5) is -1.00. The van der Waals surface area contributed by atoms with Crippen LogP contribution in [0.25, 0.3) is 0 Å². The quantitative estimate of drug-likeness (QED) is 0.834. The van der Waals surface area contributed by atoms with Crippen molar-refractivity contribution in [3.63, 3.8) is 0 Å². The van der Waals surface area contributed by atoms with Crippen LogP contribution in [0.4, 0.5) is 17.6 Å². The summed E-state index contributed by atoms with van der Waals surface area (Å²) in [5.41, 5.74) is 5.26. The minimum absolute atomic E-state index is 0.0444. The average molecular weight is 300 g/mol. The molecular formula is C10H12F4N2O2S. The van der Waals surface area contributed by atoms with Crippen LogP contribution in [0.1, 0.15) is 5.56 Å². The maximum Gasteiger partial charge on any atom is 0.252 e. The SMILES string of the molecule is CN(CC(F)F)S(=O)(=O)c1cc(CN)cc(F)c1F. The number of nitrogens with two attached hydrogens (primary N) is 1. The second kappa shape index (κ2) is 5.85. The van der Waals surface area contributed by atoms with Crippen molar-refractivity contribution < 1.29 is 26.0 Å². The molecule has 0 aliphatic heterocycles. The third-order valence-corrected chi connectivity index (χ3v) is 4.20. The molecule has 1 aromatic rings. The number of rotatable bonds is 5. The van der Waals surface area contributed by atoms with Crippen LogP contribution in [0.5, 0.6) is 0 Å². The van der Waals surface area contributed by atoms with Gasteiger partial charge in [-0.25, -0.2) is 26.0 Å². The molecule has 0 unspecified atom stereocenters. The van der Waals surface area contributed by atoms with Gasteiger partial charge in [-0.2, -0.15) is 4.31 Å². The van der Waals surface area contributed by atoms with Gasteiger partial charge in [-0.3, -0.25) is 0 Å². The molecule has 0 amide bonds. The Morgan fingerprint density at radius 3 is 2.37 bits per heavy atom. The van der Waals surface area contributed by atoms with Crippen LogP contribution in [0, 0.1) is 11.6 Å². The van der Waals surface area contributed by atoms with Crippen LogP contribution < -0.4 is 5.73 Å². The van der Waals surface area contributed by atoms with Crippen molar-refractivity contribution in [2.45, 2.75) is 17.9 Å². The van der Waals surface area contributed by atoms with Crippen LogP contribution in [0.3, 0.4) is 0 Å². The number of hydrogen-bond donors (Lipinski definition) is 1. The standard InChI is InChI=1S/C10H12F4N2O2S/c1-16(5-9(12)13)19(17,18)8-3-6(4-15)2-7(11)10(8)14/h2-3,9H,4-5,15H2,1H3. The summed E-state index contributed by atoms with van der Waals surface area (Å²) in [6, 6.07) is 1.58. The Morgan fingerprint density at radius 2 is 1.89 bits per heavy atom. The fourth-order valence-electron chi connectivity index (χ4n) is 1.38. The summed E-state index contributed by atoms with van der Waals surface area (Å²) < 4.78 is 75.0. The summed E-state index contributed by atoms with van der Waals surface area (Å²) in [5, 5.41) is 0.